The normalized spacial score (nSPS) is 32.7. The van der Waals surface area contributed by atoms with Crippen molar-refractivity contribution < 1.29 is 8.42 Å². The molecule has 2 fully saturated rings. The Hall–Kier alpha value is 0.260. The summed E-state index contributed by atoms with van der Waals surface area (Å²) in [6.45, 7) is 0. The molecule has 0 radical (unpaired) electrons. The van der Waals surface area contributed by atoms with Crippen molar-refractivity contribution in [1.82, 2.24) is 5.32 Å². The van der Waals surface area contributed by atoms with Crippen LogP contribution in [0.4, 0.5) is 0 Å². The molecule has 1 unspecified atom stereocenters. The smallest absolute Gasteiger partial charge is 0.151 e. The SMILES string of the molecule is O=S1(=O)CCCC(NC2CCSCC2)C1. The Kier molecular flexibility index (Phi) is 3.96. The lowest BCUT2D eigenvalue weighted by Crippen LogP contribution is -2.46. The van der Waals surface area contributed by atoms with E-state index in [1.54, 1.807) is 0 Å². The quantitative estimate of drug-likeness (QED) is 0.794. The lowest BCUT2D eigenvalue weighted by atomic mass is 10.1. The van der Waals surface area contributed by atoms with Crippen molar-refractivity contribution >= 4 is 21.6 Å². The molecule has 2 aliphatic rings. The van der Waals surface area contributed by atoms with Gasteiger partial charge in [-0.05, 0) is 37.2 Å². The summed E-state index contributed by atoms with van der Waals surface area (Å²) in [5, 5.41) is 3.52. The first kappa shape index (κ1) is 11.7. The molecule has 0 amide bonds. The first-order valence-electron chi connectivity index (χ1n) is 5.70. The lowest BCUT2D eigenvalue weighted by Gasteiger charge is -2.30. The third-order valence-corrected chi connectivity index (χ3v) is 6.03. The summed E-state index contributed by atoms with van der Waals surface area (Å²) in [7, 11) is -2.75. The summed E-state index contributed by atoms with van der Waals surface area (Å²) < 4.78 is 22.9. The van der Waals surface area contributed by atoms with Gasteiger partial charge < -0.3 is 5.32 Å². The van der Waals surface area contributed by atoms with Crippen LogP contribution < -0.4 is 5.32 Å². The van der Waals surface area contributed by atoms with Crippen molar-refractivity contribution in [3.63, 3.8) is 0 Å². The van der Waals surface area contributed by atoms with Gasteiger partial charge in [0.05, 0.1) is 11.5 Å². The highest BCUT2D eigenvalue weighted by Crippen LogP contribution is 2.19. The van der Waals surface area contributed by atoms with E-state index in [1.165, 1.54) is 24.3 Å². The van der Waals surface area contributed by atoms with Gasteiger partial charge in [-0.3, -0.25) is 0 Å². The van der Waals surface area contributed by atoms with Crippen LogP contribution in [0.15, 0.2) is 0 Å². The van der Waals surface area contributed by atoms with E-state index in [-0.39, 0.29) is 6.04 Å². The zero-order valence-electron chi connectivity index (χ0n) is 8.94. The Morgan fingerprint density at radius 1 is 1.07 bits per heavy atom. The summed E-state index contributed by atoms with van der Waals surface area (Å²) in [6.07, 6.45) is 4.26. The highest BCUT2D eigenvalue weighted by Gasteiger charge is 2.26. The fourth-order valence-electron chi connectivity index (χ4n) is 2.35. The second-order valence-corrected chi connectivity index (χ2v) is 7.96. The average molecular weight is 249 g/mol. The molecule has 2 aliphatic heterocycles. The Morgan fingerprint density at radius 3 is 2.47 bits per heavy atom. The van der Waals surface area contributed by atoms with Crippen molar-refractivity contribution in [2.45, 2.75) is 37.8 Å². The topological polar surface area (TPSA) is 46.2 Å². The molecule has 0 aromatic carbocycles. The first-order chi connectivity index (χ1) is 7.16. The Balaban J connectivity index is 1.83. The summed E-state index contributed by atoms with van der Waals surface area (Å²) in [6, 6.07) is 0.779. The van der Waals surface area contributed by atoms with Crippen LogP contribution in [0.3, 0.4) is 0 Å². The zero-order valence-corrected chi connectivity index (χ0v) is 10.6. The van der Waals surface area contributed by atoms with E-state index in [0.717, 1.165) is 12.8 Å². The van der Waals surface area contributed by atoms with Gasteiger partial charge in [0.2, 0.25) is 0 Å². The Bertz CT molecular complexity index is 297. The first-order valence-corrected chi connectivity index (χ1v) is 8.67. The standard InChI is InChI=1S/C10H19NO2S2/c12-15(13)7-1-2-10(8-15)11-9-3-5-14-6-4-9/h9-11H,1-8H2. The second kappa shape index (κ2) is 5.06. The predicted octanol–water partition coefficient (Wildman–Crippen LogP) is 1.05. The summed E-state index contributed by atoms with van der Waals surface area (Å²) in [5.74, 6) is 3.19. The summed E-state index contributed by atoms with van der Waals surface area (Å²) in [5.41, 5.74) is 0. The molecule has 2 heterocycles. The molecular weight excluding hydrogens is 230 g/mol. The van der Waals surface area contributed by atoms with Gasteiger partial charge in [-0.1, -0.05) is 0 Å². The number of rotatable bonds is 2. The van der Waals surface area contributed by atoms with Gasteiger partial charge in [-0.2, -0.15) is 11.8 Å². The van der Waals surface area contributed by atoms with E-state index in [0.29, 0.717) is 17.5 Å². The third kappa shape index (κ3) is 3.64. The monoisotopic (exact) mass is 249 g/mol. The zero-order chi connectivity index (χ0) is 10.7. The second-order valence-electron chi connectivity index (χ2n) is 4.51. The minimum Gasteiger partial charge on any atom is -0.310 e. The largest absolute Gasteiger partial charge is 0.310 e. The van der Waals surface area contributed by atoms with E-state index in [2.05, 4.69) is 5.32 Å². The maximum absolute atomic E-state index is 11.5. The van der Waals surface area contributed by atoms with Crippen LogP contribution in [-0.2, 0) is 9.84 Å². The molecular formula is C10H19NO2S2. The molecule has 0 aromatic rings. The summed E-state index contributed by atoms with van der Waals surface area (Å²) in [4.78, 5) is 0. The minimum atomic E-state index is -2.75. The van der Waals surface area contributed by atoms with Gasteiger partial charge in [0.15, 0.2) is 9.84 Å². The highest BCUT2D eigenvalue weighted by molar-refractivity contribution is 7.99. The van der Waals surface area contributed by atoms with Gasteiger partial charge in [-0.25, -0.2) is 8.42 Å². The fraction of sp³-hybridized carbons (Fsp3) is 1.00. The number of hydrogen-bond acceptors (Lipinski definition) is 4. The maximum Gasteiger partial charge on any atom is 0.151 e. The lowest BCUT2D eigenvalue weighted by molar-refractivity contribution is 0.397. The van der Waals surface area contributed by atoms with Gasteiger partial charge in [-0.15, -0.1) is 0 Å². The molecule has 0 saturated carbocycles. The van der Waals surface area contributed by atoms with E-state index >= 15 is 0 Å². The number of hydrogen-bond donors (Lipinski definition) is 1. The molecule has 0 bridgehead atoms. The van der Waals surface area contributed by atoms with E-state index in [1.807, 2.05) is 11.8 Å². The Labute approximate surface area is 96.3 Å². The molecule has 0 aliphatic carbocycles. The van der Waals surface area contributed by atoms with Gasteiger partial charge in [0.25, 0.3) is 0 Å². The van der Waals surface area contributed by atoms with Crippen molar-refractivity contribution in [3.05, 3.63) is 0 Å². The average Bonchev–Trinajstić information content (AvgIpc) is 2.17. The number of thioether (sulfide) groups is 1. The molecule has 1 N–H and O–H groups in total. The van der Waals surface area contributed by atoms with Crippen LogP contribution in [0.25, 0.3) is 0 Å². The number of sulfone groups is 1. The van der Waals surface area contributed by atoms with Gasteiger partial charge in [0, 0.05) is 12.1 Å². The molecule has 3 nitrogen and oxygen atoms in total. The molecule has 0 aromatic heterocycles. The van der Waals surface area contributed by atoms with E-state index < -0.39 is 9.84 Å². The number of nitrogens with one attached hydrogen (secondary N) is 1. The minimum absolute atomic E-state index is 0.219. The molecule has 2 rings (SSSR count). The molecule has 15 heavy (non-hydrogen) atoms. The summed E-state index contributed by atoms with van der Waals surface area (Å²) >= 11 is 2.00. The van der Waals surface area contributed by atoms with E-state index in [4.69, 9.17) is 0 Å². The fourth-order valence-corrected chi connectivity index (χ4v) is 5.11. The van der Waals surface area contributed by atoms with Crippen molar-refractivity contribution in [1.29, 1.82) is 0 Å². The molecule has 5 heteroatoms. The Morgan fingerprint density at radius 2 is 1.80 bits per heavy atom. The van der Waals surface area contributed by atoms with Crippen LogP contribution in [0.5, 0.6) is 0 Å². The van der Waals surface area contributed by atoms with Crippen molar-refractivity contribution in [2.24, 2.45) is 0 Å². The predicted molar refractivity (Wildman–Crippen MR) is 65.2 cm³/mol. The molecule has 0 spiro atoms. The van der Waals surface area contributed by atoms with Crippen LogP contribution >= 0.6 is 11.8 Å². The highest BCUT2D eigenvalue weighted by atomic mass is 32.2. The van der Waals surface area contributed by atoms with Crippen LogP contribution in [0.1, 0.15) is 25.7 Å². The maximum atomic E-state index is 11.5. The van der Waals surface area contributed by atoms with Crippen LogP contribution in [-0.4, -0.2) is 43.5 Å². The third-order valence-electron chi connectivity index (χ3n) is 3.16. The van der Waals surface area contributed by atoms with Crippen molar-refractivity contribution in [3.8, 4) is 0 Å². The van der Waals surface area contributed by atoms with Gasteiger partial charge >= 0.3 is 0 Å². The van der Waals surface area contributed by atoms with Gasteiger partial charge in [0.1, 0.15) is 0 Å². The van der Waals surface area contributed by atoms with Crippen molar-refractivity contribution in [2.75, 3.05) is 23.0 Å². The van der Waals surface area contributed by atoms with Crippen LogP contribution in [0, 0.1) is 0 Å². The van der Waals surface area contributed by atoms with E-state index in [9.17, 15) is 8.42 Å². The molecule has 88 valence electrons. The molecule has 1 atom stereocenters. The molecule has 2 saturated heterocycles. The van der Waals surface area contributed by atoms with Crippen LogP contribution in [0.2, 0.25) is 0 Å².